The molecule has 0 saturated carbocycles. The van der Waals surface area contributed by atoms with E-state index in [9.17, 15) is 9.59 Å². The van der Waals surface area contributed by atoms with Gasteiger partial charge in [-0.25, -0.2) is 0 Å². The number of carbonyl (C=O) groups excluding carboxylic acids is 1. The summed E-state index contributed by atoms with van der Waals surface area (Å²) in [7, 11) is 0. The number of likely N-dealkylation sites (tertiary alicyclic amines) is 1. The number of amides is 1. The van der Waals surface area contributed by atoms with Crippen LogP contribution < -0.4 is 0 Å². The summed E-state index contributed by atoms with van der Waals surface area (Å²) < 4.78 is 6.79. The molecule has 144 valence electrons. The number of aliphatic carboxylic acids is 1. The topological polar surface area (TPSA) is 87.9 Å². The number of nitrogens with zero attached hydrogens (tertiary/aromatic N) is 4. The molecule has 3 heterocycles. The molecule has 1 N–H and O–H groups in total. The first-order valence-electron chi connectivity index (χ1n) is 9.45. The van der Waals surface area contributed by atoms with Gasteiger partial charge in [-0.2, -0.15) is 5.10 Å². The van der Waals surface area contributed by atoms with Crippen LogP contribution in [-0.2, 0) is 20.9 Å². The number of hydrogen-bond donors (Lipinski definition) is 1. The van der Waals surface area contributed by atoms with Gasteiger partial charge in [0.1, 0.15) is 6.54 Å². The standard InChI is InChI=1S/C18H28N4O4/c23-17(4-2-6-20-9-11-26-12-10-20)21-7-1-3-15(13-21)16-5-8-22(19-16)14-18(24)25/h5,8,15H,1-4,6-7,9-14H2,(H,24,25). The molecular weight excluding hydrogens is 336 g/mol. The predicted molar refractivity (Wildman–Crippen MR) is 94.9 cm³/mol. The van der Waals surface area contributed by atoms with Gasteiger partial charge in [0.2, 0.25) is 5.91 Å². The van der Waals surface area contributed by atoms with Crippen LogP contribution in [0.2, 0.25) is 0 Å². The third kappa shape index (κ3) is 5.28. The third-order valence-electron chi connectivity index (χ3n) is 5.12. The lowest BCUT2D eigenvalue weighted by molar-refractivity contribution is -0.138. The minimum atomic E-state index is -0.902. The number of aromatic nitrogens is 2. The highest BCUT2D eigenvalue weighted by Crippen LogP contribution is 2.26. The van der Waals surface area contributed by atoms with Crippen LogP contribution in [-0.4, -0.2) is 82.5 Å². The van der Waals surface area contributed by atoms with E-state index in [4.69, 9.17) is 9.84 Å². The zero-order chi connectivity index (χ0) is 18.4. The number of carboxylic acids is 1. The summed E-state index contributed by atoms with van der Waals surface area (Å²) in [6, 6.07) is 1.88. The predicted octanol–water partition coefficient (Wildman–Crippen LogP) is 0.786. The van der Waals surface area contributed by atoms with Crippen LogP contribution in [0, 0.1) is 0 Å². The Balaban J connectivity index is 1.45. The van der Waals surface area contributed by atoms with E-state index in [0.717, 1.165) is 64.3 Å². The molecule has 2 aliphatic rings. The van der Waals surface area contributed by atoms with Gasteiger partial charge in [0.15, 0.2) is 0 Å². The summed E-state index contributed by atoms with van der Waals surface area (Å²) in [5.41, 5.74) is 0.886. The molecule has 2 fully saturated rings. The van der Waals surface area contributed by atoms with Crippen molar-refractivity contribution in [1.82, 2.24) is 19.6 Å². The number of piperidine rings is 1. The Bertz CT molecular complexity index is 612. The zero-order valence-electron chi connectivity index (χ0n) is 15.2. The monoisotopic (exact) mass is 364 g/mol. The van der Waals surface area contributed by atoms with Crippen molar-refractivity contribution in [1.29, 1.82) is 0 Å². The first-order chi connectivity index (χ1) is 12.6. The van der Waals surface area contributed by atoms with Crippen LogP contribution in [0.3, 0.4) is 0 Å². The number of carboxylic acid groups (broad SMARTS) is 1. The lowest BCUT2D eigenvalue weighted by Gasteiger charge is -2.32. The second-order valence-electron chi connectivity index (χ2n) is 7.07. The van der Waals surface area contributed by atoms with Gasteiger partial charge in [0, 0.05) is 44.7 Å². The average Bonchev–Trinajstić information content (AvgIpc) is 3.10. The number of rotatable bonds is 7. The maximum atomic E-state index is 12.5. The molecule has 1 aromatic heterocycles. The quantitative estimate of drug-likeness (QED) is 0.769. The number of ether oxygens (including phenoxy) is 1. The van der Waals surface area contributed by atoms with E-state index in [1.54, 1.807) is 6.20 Å². The van der Waals surface area contributed by atoms with Crippen molar-refractivity contribution in [2.45, 2.75) is 38.1 Å². The van der Waals surface area contributed by atoms with E-state index in [1.165, 1.54) is 4.68 Å². The molecule has 1 aromatic rings. The van der Waals surface area contributed by atoms with Gasteiger partial charge in [-0.15, -0.1) is 0 Å². The van der Waals surface area contributed by atoms with E-state index in [1.807, 2.05) is 11.0 Å². The van der Waals surface area contributed by atoms with E-state index in [-0.39, 0.29) is 18.4 Å². The number of hydrogen-bond acceptors (Lipinski definition) is 5. The van der Waals surface area contributed by atoms with Crippen LogP contribution >= 0.6 is 0 Å². The molecule has 2 aliphatic heterocycles. The van der Waals surface area contributed by atoms with Gasteiger partial charge in [-0.1, -0.05) is 0 Å². The third-order valence-corrected chi connectivity index (χ3v) is 5.12. The highest BCUT2D eigenvalue weighted by atomic mass is 16.5. The Morgan fingerprint density at radius 2 is 2.08 bits per heavy atom. The molecule has 0 spiro atoms. The van der Waals surface area contributed by atoms with Crippen LogP contribution in [0.5, 0.6) is 0 Å². The molecule has 0 radical (unpaired) electrons. The van der Waals surface area contributed by atoms with Crippen molar-refractivity contribution >= 4 is 11.9 Å². The summed E-state index contributed by atoms with van der Waals surface area (Å²) in [5.74, 6) is -0.490. The molecule has 0 aromatic carbocycles. The van der Waals surface area contributed by atoms with Gasteiger partial charge in [-0.3, -0.25) is 19.2 Å². The molecule has 8 nitrogen and oxygen atoms in total. The maximum Gasteiger partial charge on any atom is 0.325 e. The molecule has 3 rings (SSSR count). The minimum Gasteiger partial charge on any atom is -0.480 e. The van der Waals surface area contributed by atoms with Crippen molar-refractivity contribution < 1.29 is 19.4 Å². The molecule has 26 heavy (non-hydrogen) atoms. The van der Waals surface area contributed by atoms with Gasteiger partial charge in [0.25, 0.3) is 0 Å². The maximum absolute atomic E-state index is 12.5. The lowest BCUT2D eigenvalue weighted by atomic mass is 9.94. The highest BCUT2D eigenvalue weighted by molar-refractivity contribution is 5.76. The van der Waals surface area contributed by atoms with Crippen LogP contribution in [0.25, 0.3) is 0 Å². The Hall–Kier alpha value is -1.93. The fourth-order valence-electron chi connectivity index (χ4n) is 3.70. The van der Waals surface area contributed by atoms with E-state index < -0.39 is 5.97 Å². The van der Waals surface area contributed by atoms with Gasteiger partial charge in [0.05, 0.1) is 18.9 Å². The van der Waals surface area contributed by atoms with Gasteiger partial charge < -0.3 is 14.7 Å². The van der Waals surface area contributed by atoms with Crippen molar-refractivity contribution in [3.8, 4) is 0 Å². The fourth-order valence-corrected chi connectivity index (χ4v) is 3.70. The largest absolute Gasteiger partial charge is 0.480 e. The van der Waals surface area contributed by atoms with Gasteiger partial charge in [-0.05, 0) is 31.9 Å². The second-order valence-corrected chi connectivity index (χ2v) is 7.07. The molecule has 1 amide bonds. The molecule has 1 atom stereocenters. The smallest absolute Gasteiger partial charge is 0.325 e. The Morgan fingerprint density at radius 3 is 2.85 bits per heavy atom. The second kappa shape index (κ2) is 9.14. The number of morpholine rings is 1. The van der Waals surface area contributed by atoms with Crippen LogP contribution in [0.15, 0.2) is 12.3 Å². The Kier molecular flexibility index (Phi) is 6.62. The molecule has 1 unspecified atom stereocenters. The zero-order valence-corrected chi connectivity index (χ0v) is 15.2. The van der Waals surface area contributed by atoms with Crippen LogP contribution in [0.4, 0.5) is 0 Å². The van der Waals surface area contributed by atoms with Crippen molar-refractivity contribution in [2.75, 3.05) is 45.9 Å². The fraction of sp³-hybridized carbons (Fsp3) is 0.722. The highest BCUT2D eigenvalue weighted by Gasteiger charge is 2.26. The van der Waals surface area contributed by atoms with Crippen molar-refractivity contribution in [3.05, 3.63) is 18.0 Å². The summed E-state index contributed by atoms with van der Waals surface area (Å²) >= 11 is 0. The summed E-state index contributed by atoms with van der Waals surface area (Å²) in [4.78, 5) is 27.6. The summed E-state index contributed by atoms with van der Waals surface area (Å²) in [6.07, 6.45) is 5.12. The molecule has 0 bridgehead atoms. The van der Waals surface area contributed by atoms with E-state index >= 15 is 0 Å². The first-order valence-corrected chi connectivity index (χ1v) is 9.45. The normalized spacial score (nSPS) is 21.7. The summed E-state index contributed by atoms with van der Waals surface area (Å²) in [5, 5.41) is 13.2. The Morgan fingerprint density at radius 1 is 1.27 bits per heavy atom. The lowest BCUT2D eigenvalue weighted by Crippen LogP contribution is -2.40. The summed E-state index contributed by atoms with van der Waals surface area (Å²) in [6.45, 7) is 5.80. The Labute approximate surface area is 153 Å². The SMILES string of the molecule is O=C(O)Cn1ccc(C2CCCN(C(=O)CCCN3CCOCC3)C2)n1. The van der Waals surface area contributed by atoms with Crippen molar-refractivity contribution in [3.63, 3.8) is 0 Å². The first kappa shape index (κ1) is 18.8. The molecule has 0 aliphatic carbocycles. The average molecular weight is 364 g/mol. The molecule has 2 saturated heterocycles. The molecule has 8 heteroatoms. The van der Waals surface area contributed by atoms with Crippen molar-refractivity contribution in [2.24, 2.45) is 0 Å². The minimum absolute atomic E-state index is 0.128. The number of carbonyl (C=O) groups is 2. The van der Waals surface area contributed by atoms with E-state index in [0.29, 0.717) is 13.0 Å². The molecular formula is C18H28N4O4. The van der Waals surface area contributed by atoms with Gasteiger partial charge >= 0.3 is 5.97 Å². The van der Waals surface area contributed by atoms with Crippen LogP contribution in [0.1, 0.15) is 37.3 Å². The van der Waals surface area contributed by atoms with E-state index in [2.05, 4.69) is 10.00 Å².